The first-order valence-corrected chi connectivity index (χ1v) is 4.44. The Morgan fingerprint density at radius 2 is 1.50 bits per heavy atom. The molecule has 2 N–H and O–H groups in total. The molecule has 12 heavy (non-hydrogen) atoms. The Morgan fingerprint density at radius 3 is 1.58 bits per heavy atom. The molecule has 72 valence electrons. The lowest BCUT2D eigenvalue weighted by Crippen LogP contribution is -2.54. The fraction of sp³-hybridized carbons (Fsp3) is 0.900. The third kappa shape index (κ3) is 2.31. The van der Waals surface area contributed by atoms with Crippen LogP contribution in [0.3, 0.4) is 0 Å². The van der Waals surface area contributed by atoms with Gasteiger partial charge in [0.15, 0.2) is 5.78 Å². The normalized spacial score (nSPS) is 17.7. The Kier molecular flexibility index (Phi) is 3.07. The van der Waals surface area contributed by atoms with Crippen molar-refractivity contribution in [2.45, 2.75) is 47.1 Å². The van der Waals surface area contributed by atoms with Crippen LogP contribution in [0, 0.1) is 11.3 Å². The van der Waals surface area contributed by atoms with Crippen LogP contribution in [0.25, 0.3) is 0 Å². The van der Waals surface area contributed by atoms with Crippen LogP contribution in [0.15, 0.2) is 0 Å². The predicted molar refractivity (Wildman–Crippen MR) is 51.9 cm³/mol. The first-order chi connectivity index (χ1) is 5.10. The molecule has 0 heterocycles. The second-order valence-corrected chi connectivity index (χ2v) is 5.02. The van der Waals surface area contributed by atoms with Crippen LogP contribution in [-0.4, -0.2) is 11.3 Å². The van der Waals surface area contributed by atoms with Gasteiger partial charge in [0, 0.05) is 5.41 Å². The van der Waals surface area contributed by atoms with E-state index in [0.29, 0.717) is 0 Å². The van der Waals surface area contributed by atoms with Gasteiger partial charge in [-0.1, -0.05) is 34.6 Å². The molecule has 0 aromatic rings. The molecule has 0 saturated carbocycles. The van der Waals surface area contributed by atoms with Crippen molar-refractivity contribution in [3.8, 4) is 0 Å². The molecule has 2 heteroatoms. The molecule has 0 aromatic heterocycles. The molecule has 0 radical (unpaired) electrons. The number of rotatable bonds is 2. The minimum atomic E-state index is -0.696. The lowest BCUT2D eigenvalue weighted by atomic mass is 9.74. The number of carbonyl (C=O) groups is 1. The van der Waals surface area contributed by atoms with Gasteiger partial charge in [0.25, 0.3) is 0 Å². The average Bonchev–Trinajstić information content (AvgIpc) is 1.83. The Labute approximate surface area is 75.5 Å². The van der Waals surface area contributed by atoms with E-state index in [0.717, 1.165) is 0 Å². The van der Waals surface area contributed by atoms with Gasteiger partial charge in [-0.05, 0) is 12.8 Å². The van der Waals surface area contributed by atoms with E-state index in [9.17, 15) is 4.79 Å². The van der Waals surface area contributed by atoms with Gasteiger partial charge in [0.2, 0.25) is 0 Å². The first-order valence-electron chi connectivity index (χ1n) is 4.44. The van der Waals surface area contributed by atoms with Gasteiger partial charge in [0.1, 0.15) is 0 Å². The highest BCUT2D eigenvalue weighted by Crippen LogP contribution is 2.26. The monoisotopic (exact) mass is 171 g/mol. The molecule has 1 atom stereocenters. The minimum absolute atomic E-state index is 0.130. The summed E-state index contributed by atoms with van der Waals surface area (Å²) in [5.74, 6) is 0.314. The number of nitrogens with two attached hydrogens (primary N) is 1. The van der Waals surface area contributed by atoms with Crippen LogP contribution in [0.1, 0.15) is 41.5 Å². The maximum Gasteiger partial charge on any atom is 0.157 e. The van der Waals surface area contributed by atoms with Crippen molar-refractivity contribution in [2.24, 2.45) is 17.1 Å². The van der Waals surface area contributed by atoms with Gasteiger partial charge in [-0.15, -0.1) is 0 Å². The van der Waals surface area contributed by atoms with Crippen molar-refractivity contribution in [1.82, 2.24) is 0 Å². The van der Waals surface area contributed by atoms with Crippen LogP contribution in [0.4, 0.5) is 0 Å². The Morgan fingerprint density at radius 1 is 1.17 bits per heavy atom. The summed E-state index contributed by atoms with van der Waals surface area (Å²) in [6.45, 7) is 11.5. The number of Topliss-reactive ketones (excluding diaryl/α,β-unsaturated/α-hetero) is 1. The number of ketones is 1. The molecular formula is C10H21NO. The zero-order chi connectivity index (χ0) is 10.2. The second kappa shape index (κ2) is 3.17. The van der Waals surface area contributed by atoms with Crippen molar-refractivity contribution >= 4 is 5.78 Å². The van der Waals surface area contributed by atoms with Crippen LogP contribution in [-0.2, 0) is 4.79 Å². The highest BCUT2D eigenvalue weighted by atomic mass is 16.1. The summed E-state index contributed by atoms with van der Waals surface area (Å²) < 4.78 is 0. The molecule has 0 amide bonds. The quantitative estimate of drug-likeness (QED) is 0.690. The van der Waals surface area contributed by atoms with Crippen molar-refractivity contribution in [3.63, 3.8) is 0 Å². The molecule has 0 aliphatic rings. The molecule has 0 saturated heterocycles. The van der Waals surface area contributed by atoms with Gasteiger partial charge >= 0.3 is 0 Å². The van der Waals surface area contributed by atoms with Crippen molar-refractivity contribution in [2.75, 3.05) is 0 Å². The predicted octanol–water partition coefficient (Wildman–Crippen LogP) is 1.98. The molecular weight excluding hydrogens is 150 g/mol. The Hall–Kier alpha value is -0.370. The Bertz CT molecular complexity index is 175. The fourth-order valence-electron chi connectivity index (χ4n) is 1.07. The molecule has 0 bridgehead atoms. The van der Waals surface area contributed by atoms with Crippen LogP contribution in [0.5, 0.6) is 0 Å². The summed E-state index contributed by atoms with van der Waals surface area (Å²) in [4.78, 5) is 11.8. The van der Waals surface area contributed by atoms with E-state index in [1.54, 1.807) is 0 Å². The van der Waals surface area contributed by atoms with E-state index in [1.165, 1.54) is 0 Å². The van der Waals surface area contributed by atoms with Crippen LogP contribution >= 0.6 is 0 Å². The van der Waals surface area contributed by atoms with E-state index in [-0.39, 0.29) is 17.1 Å². The topological polar surface area (TPSA) is 43.1 Å². The lowest BCUT2D eigenvalue weighted by Gasteiger charge is -2.33. The van der Waals surface area contributed by atoms with Gasteiger partial charge in [-0.2, -0.15) is 0 Å². The number of hydrogen-bond acceptors (Lipinski definition) is 2. The number of hydrogen-bond donors (Lipinski definition) is 1. The van der Waals surface area contributed by atoms with Gasteiger partial charge in [-0.3, -0.25) is 4.79 Å². The molecule has 0 rings (SSSR count). The standard InChI is InChI=1S/C10H21NO/c1-7(2)10(6,11)8(12)9(3,4)5/h7H,11H2,1-6H3/t10-/m0/s1. The van der Waals surface area contributed by atoms with Crippen LogP contribution < -0.4 is 5.73 Å². The zero-order valence-electron chi connectivity index (χ0n) is 9.06. The maximum atomic E-state index is 11.8. The highest BCUT2D eigenvalue weighted by molar-refractivity contribution is 5.92. The third-order valence-corrected chi connectivity index (χ3v) is 2.37. The van der Waals surface area contributed by atoms with E-state index in [1.807, 2.05) is 41.5 Å². The minimum Gasteiger partial charge on any atom is -0.319 e. The molecule has 0 aliphatic carbocycles. The SMILES string of the molecule is CC(C)[C@](C)(N)C(=O)C(C)(C)C. The van der Waals surface area contributed by atoms with Gasteiger partial charge in [-0.25, -0.2) is 0 Å². The smallest absolute Gasteiger partial charge is 0.157 e. The summed E-state index contributed by atoms with van der Waals surface area (Å²) in [5, 5.41) is 0. The summed E-state index contributed by atoms with van der Waals surface area (Å²) in [6.07, 6.45) is 0. The third-order valence-electron chi connectivity index (χ3n) is 2.37. The molecule has 0 aromatic carbocycles. The van der Waals surface area contributed by atoms with Crippen LogP contribution in [0.2, 0.25) is 0 Å². The summed E-state index contributed by atoms with van der Waals surface area (Å²) in [7, 11) is 0. The fourth-order valence-corrected chi connectivity index (χ4v) is 1.07. The van der Waals surface area contributed by atoms with E-state index >= 15 is 0 Å². The summed E-state index contributed by atoms with van der Waals surface area (Å²) in [6, 6.07) is 0. The Balaban J connectivity index is 4.70. The van der Waals surface area contributed by atoms with Crippen molar-refractivity contribution < 1.29 is 4.79 Å². The molecule has 2 nitrogen and oxygen atoms in total. The average molecular weight is 171 g/mol. The lowest BCUT2D eigenvalue weighted by molar-refractivity contribution is -0.132. The second-order valence-electron chi connectivity index (χ2n) is 5.02. The first kappa shape index (κ1) is 11.6. The van der Waals surface area contributed by atoms with Crippen molar-refractivity contribution in [3.05, 3.63) is 0 Å². The number of carbonyl (C=O) groups excluding carboxylic acids is 1. The highest BCUT2D eigenvalue weighted by Gasteiger charge is 2.38. The summed E-state index contributed by atoms with van der Waals surface area (Å²) >= 11 is 0. The van der Waals surface area contributed by atoms with E-state index in [2.05, 4.69) is 0 Å². The zero-order valence-corrected chi connectivity index (χ0v) is 9.06. The maximum absolute atomic E-state index is 11.8. The van der Waals surface area contributed by atoms with Crippen molar-refractivity contribution in [1.29, 1.82) is 0 Å². The van der Waals surface area contributed by atoms with E-state index in [4.69, 9.17) is 5.73 Å². The van der Waals surface area contributed by atoms with Gasteiger partial charge in [0.05, 0.1) is 5.54 Å². The molecule has 0 unspecified atom stereocenters. The largest absolute Gasteiger partial charge is 0.319 e. The van der Waals surface area contributed by atoms with E-state index < -0.39 is 5.54 Å². The molecule has 0 fully saturated rings. The molecule has 0 spiro atoms. The van der Waals surface area contributed by atoms with Gasteiger partial charge < -0.3 is 5.73 Å². The summed E-state index contributed by atoms with van der Waals surface area (Å²) in [5.41, 5.74) is 4.90. The molecule has 0 aliphatic heterocycles.